The molecule has 7 heteroatoms. The van der Waals surface area contributed by atoms with E-state index < -0.39 is 10.0 Å². The van der Waals surface area contributed by atoms with Gasteiger partial charge < -0.3 is 5.73 Å². The molecular formula is C14H20N4O2S. The molecule has 1 aromatic heterocycles. The van der Waals surface area contributed by atoms with Crippen LogP contribution in [-0.2, 0) is 16.6 Å². The summed E-state index contributed by atoms with van der Waals surface area (Å²) in [5.41, 5.74) is 6.66. The zero-order chi connectivity index (χ0) is 15.6. The number of nitrogens with two attached hydrogens (primary N) is 1. The van der Waals surface area contributed by atoms with Gasteiger partial charge in [0.25, 0.3) is 0 Å². The molecule has 1 aromatic carbocycles. The van der Waals surface area contributed by atoms with Crippen molar-refractivity contribution in [3.8, 4) is 0 Å². The van der Waals surface area contributed by atoms with E-state index in [2.05, 4.69) is 5.10 Å². The van der Waals surface area contributed by atoms with Crippen molar-refractivity contribution in [2.75, 3.05) is 12.8 Å². The average Bonchev–Trinajstić information content (AvgIpc) is 2.88. The monoisotopic (exact) mass is 308 g/mol. The van der Waals surface area contributed by atoms with E-state index in [1.807, 2.05) is 44.2 Å². The Morgan fingerprint density at radius 2 is 1.95 bits per heavy atom. The maximum absolute atomic E-state index is 12.7. The van der Waals surface area contributed by atoms with Crippen LogP contribution in [0.5, 0.6) is 0 Å². The molecular weight excluding hydrogens is 288 g/mol. The molecule has 0 aliphatic heterocycles. The molecule has 0 aliphatic rings. The van der Waals surface area contributed by atoms with Gasteiger partial charge in [0, 0.05) is 25.8 Å². The summed E-state index contributed by atoms with van der Waals surface area (Å²) in [4.78, 5) is 0.0506. The molecule has 0 aliphatic carbocycles. The molecule has 2 rings (SSSR count). The van der Waals surface area contributed by atoms with Gasteiger partial charge in [0.05, 0.1) is 0 Å². The van der Waals surface area contributed by atoms with E-state index >= 15 is 0 Å². The lowest BCUT2D eigenvalue weighted by Crippen LogP contribution is -2.30. The Bertz CT molecular complexity index is 710. The minimum Gasteiger partial charge on any atom is -0.381 e. The Labute approximate surface area is 125 Å². The largest absolute Gasteiger partial charge is 0.381 e. The first-order valence-corrected chi connectivity index (χ1v) is 8.17. The molecule has 2 aromatic rings. The predicted octanol–water partition coefficient (Wildman–Crippen LogP) is 1.87. The van der Waals surface area contributed by atoms with Crippen LogP contribution in [-0.4, -0.2) is 29.6 Å². The summed E-state index contributed by atoms with van der Waals surface area (Å²) in [6, 6.07) is 9.17. The van der Waals surface area contributed by atoms with Crippen molar-refractivity contribution in [2.45, 2.75) is 31.3 Å². The van der Waals surface area contributed by atoms with Crippen LogP contribution in [0.25, 0.3) is 0 Å². The number of nitrogens with zero attached hydrogens (tertiary/aromatic N) is 3. The maximum atomic E-state index is 12.7. The molecule has 0 fully saturated rings. The zero-order valence-electron chi connectivity index (χ0n) is 12.4. The van der Waals surface area contributed by atoms with E-state index in [-0.39, 0.29) is 16.8 Å². The van der Waals surface area contributed by atoms with Crippen LogP contribution in [0.1, 0.15) is 25.5 Å². The first kappa shape index (κ1) is 15.5. The highest BCUT2D eigenvalue weighted by Gasteiger charge is 2.29. The van der Waals surface area contributed by atoms with Crippen molar-refractivity contribution in [1.29, 1.82) is 0 Å². The summed E-state index contributed by atoms with van der Waals surface area (Å²) in [6.45, 7) is 4.28. The minimum absolute atomic E-state index is 0.0314. The van der Waals surface area contributed by atoms with E-state index in [0.29, 0.717) is 6.54 Å². The quantitative estimate of drug-likeness (QED) is 0.914. The van der Waals surface area contributed by atoms with E-state index in [4.69, 9.17) is 5.73 Å². The van der Waals surface area contributed by atoms with E-state index in [1.54, 1.807) is 7.05 Å². The fourth-order valence-corrected chi connectivity index (χ4v) is 3.49. The first-order valence-electron chi connectivity index (χ1n) is 6.73. The second kappa shape index (κ2) is 5.87. The number of rotatable bonds is 5. The number of benzene rings is 1. The van der Waals surface area contributed by atoms with Crippen molar-refractivity contribution >= 4 is 15.8 Å². The Kier molecular flexibility index (Phi) is 4.34. The number of nitrogen functional groups attached to an aromatic ring is 1. The number of anilines is 1. The molecule has 0 bridgehead atoms. The average molecular weight is 308 g/mol. The second-order valence-corrected chi connectivity index (χ2v) is 6.81. The van der Waals surface area contributed by atoms with Crippen LogP contribution in [0.15, 0.2) is 41.4 Å². The summed E-state index contributed by atoms with van der Waals surface area (Å²) < 4.78 is 28.2. The third kappa shape index (κ3) is 2.93. The molecule has 0 saturated heterocycles. The highest BCUT2D eigenvalue weighted by atomic mass is 32.2. The Morgan fingerprint density at radius 3 is 2.48 bits per heavy atom. The van der Waals surface area contributed by atoms with Crippen molar-refractivity contribution in [3.63, 3.8) is 0 Å². The Hall–Kier alpha value is -1.86. The van der Waals surface area contributed by atoms with Crippen LogP contribution in [0.4, 0.5) is 5.82 Å². The summed E-state index contributed by atoms with van der Waals surface area (Å²) in [6.07, 6.45) is 1.47. The summed E-state index contributed by atoms with van der Waals surface area (Å²) in [7, 11) is -2.13. The van der Waals surface area contributed by atoms with Crippen LogP contribution in [0, 0.1) is 0 Å². The molecule has 21 heavy (non-hydrogen) atoms. The molecule has 1 heterocycles. The topological polar surface area (TPSA) is 81.2 Å². The summed E-state index contributed by atoms with van der Waals surface area (Å²) in [5, 5.41) is 4.00. The normalized spacial score (nSPS) is 13.5. The lowest BCUT2D eigenvalue weighted by Gasteiger charge is -2.24. The van der Waals surface area contributed by atoms with Gasteiger partial charge in [0.1, 0.15) is 4.90 Å². The Balaban J connectivity index is 2.36. The van der Waals surface area contributed by atoms with Gasteiger partial charge in [-0.25, -0.2) is 8.42 Å². The molecule has 0 amide bonds. The third-order valence-electron chi connectivity index (χ3n) is 3.56. The lowest BCUT2D eigenvalue weighted by molar-refractivity contribution is 0.398. The van der Waals surface area contributed by atoms with E-state index in [0.717, 1.165) is 5.56 Å². The van der Waals surface area contributed by atoms with Gasteiger partial charge in [-0.05, 0) is 19.4 Å². The molecule has 1 atom stereocenters. The summed E-state index contributed by atoms with van der Waals surface area (Å²) in [5.74, 6) is 0.0314. The number of sulfonamides is 1. The van der Waals surface area contributed by atoms with Crippen LogP contribution in [0.2, 0.25) is 0 Å². The zero-order valence-corrected chi connectivity index (χ0v) is 13.2. The summed E-state index contributed by atoms with van der Waals surface area (Å²) >= 11 is 0. The fourth-order valence-electron chi connectivity index (χ4n) is 2.08. The van der Waals surface area contributed by atoms with Crippen LogP contribution >= 0.6 is 0 Å². The fraction of sp³-hybridized carbons (Fsp3) is 0.357. The highest BCUT2D eigenvalue weighted by Crippen LogP contribution is 2.27. The molecule has 0 saturated carbocycles. The molecule has 114 valence electrons. The van der Waals surface area contributed by atoms with Gasteiger partial charge in [0.2, 0.25) is 10.0 Å². The molecule has 0 radical (unpaired) electrons. The van der Waals surface area contributed by atoms with Crippen molar-refractivity contribution < 1.29 is 8.42 Å². The number of hydrogen-bond donors (Lipinski definition) is 1. The second-order valence-electron chi connectivity index (χ2n) is 4.84. The number of hydrogen-bond acceptors (Lipinski definition) is 4. The molecule has 1 unspecified atom stereocenters. The van der Waals surface area contributed by atoms with Gasteiger partial charge in [-0.1, -0.05) is 30.3 Å². The van der Waals surface area contributed by atoms with Gasteiger partial charge >= 0.3 is 0 Å². The van der Waals surface area contributed by atoms with Gasteiger partial charge in [-0.3, -0.25) is 4.68 Å². The van der Waals surface area contributed by atoms with Crippen molar-refractivity contribution in [3.05, 3.63) is 42.1 Å². The van der Waals surface area contributed by atoms with Gasteiger partial charge in [-0.15, -0.1) is 0 Å². The molecule has 2 N–H and O–H groups in total. The van der Waals surface area contributed by atoms with Crippen LogP contribution in [0.3, 0.4) is 0 Å². The number of aromatic nitrogens is 2. The van der Waals surface area contributed by atoms with Gasteiger partial charge in [-0.2, -0.15) is 9.40 Å². The predicted molar refractivity (Wildman–Crippen MR) is 82.1 cm³/mol. The maximum Gasteiger partial charge on any atom is 0.248 e. The SMILES string of the molecule is CCn1cc(S(=O)(=O)N(C)C(C)c2ccccc2)c(N)n1. The van der Waals surface area contributed by atoms with Crippen LogP contribution < -0.4 is 5.73 Å². The van der Waals surface area contributed by atoms with E-state index in [1.165, 1.54) is 15.2 Å². The smallest absolute Gasteiger partial charge is 0.248 e. The lowest BCUT2D eigenvalue weighted by atomic mass is 10.1. The van der Waals surface area contributed by atoms with Crippen molar-refractivity contribution in [2.24, 2.45) is 0 Å². The minimum atomic E-state index is -3.68. The van der Waals surface area contributed by atoms with E-state index in [9.17, 15) is 8.42 Å². The Morgan fingerprint density at radius 1 is 1.33 bits per heavy atom. The first-order chi connectivity index (χ1) is 9.87. The van der Waals surface area contributed by atoms with Gasteiger partial charge in [0.15, 0.2) is 5.82 Å². The number of aryl methyl sites for hydroxylation is 1. The van der Waals surface area contributed by atoms with Crippen molar-refractivity contribution in [1.82, 2.24) is 14.1 Å². The highest BCUT2D eigenvalue weighted by molar-refractivity contribution is 7.89. The molecule has 6 nitrogen and oxygen atoms in total. The third-order valence-corrected chi connectivity index (χ3v) is 5.51. The standard InChI is InChI=1S/C14H20N4O2S/c1-4-18-10-13(14(15)16-18)21(19,20)17(3)11(2)12-8-6-5-7-9-12/h5-11H,4H2,1-3H3,(H2,15,16). The molecule has 0 spiro atoms.